The number of hydrogen-bond acceptors (Lipinski definition) is 12. The summed E-state index contributed by atoms with van der Waals surface area (Å²) in [6, 6.07) is 12.9. The Labute approximate surface area is 321 Å². The van der Waals surface area contributed by atoms with Gasteiger partial charge in [0.25, 0.3) is 11.8 Å². The van der Waals surface area contributed by atoms with Crippen LogP contribution in [0.25, 0.3) is 35.1 Å². The number of carbonyl (C=O) groups is 2. The van der Waals surface area contributed by atoms with Crippen molar-refractivity contribution in [3.8, 4) is 29.4 Å². The highest BCUT2D eigenvalue weighted by atomic mass is 32.2. The van der Waals surface area contributed by atoms with Crippen molar-refractivity contribution in [2.24, 2.45) is 4.99 Å². The molecule has 2 N–H and O–H groups in total. The number of nitrogens with zero attached hydrogens (tertiary/aromatic N) is 2. The smallest absolute Gasteiger partial charge is 0.258 e. The summed E-state index contributed by atoms with van der Waals surface area (Å²) in [5.74, 6) is 0.726. The van der Waals surface area contributed by atoms with E-state index in [1.165, 1.54) is 57.7 Å². The van der Waals surface area contributed by atoms with Crippen molar-refractivity contribution in [1.29, 1.82) is 0 Å². The van der Waals surface area contributed by atoms with E-state index in [0.29, 0.717) is 39.6 Å². The summed E-state index contributed by atoms with van der Waals surface area (Å²) in [4.78, 5) is 47.5. The standard InChI is InChI=1S/C36H26N4O2S8/c41-33-29-30(32(40-33)28-16-38-36(50-28)26-12-10-24(48-26)22-8-6-20(46-22)18-4-2-14-44-18)34(42)39-31(29)27-15-37-35(49-27)25-11-9-23(47-25)21-7-5-19(45-21)17-3-1-13-43-17/h1,3-7,9,11-13,15,22,24,28H,2,8,10,14,16H2,(H,39,42)(H,40,41). The number of aliphatic imine (C=N–C) groups is 1. The number of nitrogens with one attached hydrogen (secondary N) is 2. The van der Waals surface area contributed by atoms with Gasteiger partial charge in [0.2, 0.25) is 0 Å². The molecule has 2 amide bonds. The second kappa shape index (κ2) is 13.1. The first-order valence-corrected chi connectivity index (χ1v) is 23.1. The average molecular weight is 803 g/mol. The summed E-state index contributed by atoms with van der Waals surface area (Å²) in [6.45, 7) is 0.539. The van der Waals surface area contributed by atoms with E-state index < -0.39 is 0 Å². The van der Waals surface area contributed by atoms with Crippen molar-refractivity contribution in [3.63, 3.8) is 0 Å². The maximum atomic E-state index is 13.4. The Hall–Kier alpha value is -2.56. The van der Waals surface area contributed by atoms with Crippen molar-refractivity contribution in [3.05, 3.63) is 103 Å². The SMILES string of the molecule is O=C1NC(C2CN=C(C3=CCC(C4CC=C(C5=CCCS5)S4)S3)S2)=C2C(=O)NC(c3cnc(-c4ccc(-c5ccc(-c6cccs6)s5)s4)s3)=C12. The fraction of sp³-hybridized carbons (Fsp3) is 0.222. The Bertz CT molecular complexity index is 2280. The molecule has 0 radical (unpaired) electrons. The predicted molar refractivity (Wildman–Crippen MR) is 219 cm³/mol. The molecule has 6 nitrogen and oxygen atoms in total. The van der Waals surface area contributed by atoms with Gasteiger partial charge >= 0.3 is 0 Å². The van der Waals surface area contributed by atoms with Gasteiger partial charge in [0, 0.05) is 62.4 Å². The van der Waals surface area contributed by atoms with Crippen molar-refractivity contribution in [2.45, 2.75) is 35.0 Å². The second-order valence-electron chi connectivity index (χ2n) is 12.2. The first-order valence-electron chi connectivity index (χ1n) is 16.2. The summed E-state index contributed by atoms with van der Waals surface area (Å²) in [6.07, 6.45) is 12.3. The van der Waals surface area contributed by atoms with E-state index in [0.717, 1.165) is 32.6 Å². The minimum absolute atomic E-state index is 0.105. The molecule has 0 saturated heterocycles. The van der Waals surface area contributed by atoms with Crippen LogP contribution in [-0.4, -0.2) is 49.9 Å². The van der Waals surface area contributed by atoms with Crippen LogP contribution in [0.1, 0.15) is 24.1 Å². The van der Waals surface area contributed by atoms with Gasteiger partial charge in [-0.1, -0.05) is 36.1 Å². The number of fused-ring (bicyclic) bond motifs is 1. The summed E-state index contributed by atoms with van der Waals surface area (Å²) in [7, 11) is 0. The van der Waals surface area contributed by atoms with Gasteiger partial charge in [-0.15, -0.1) is 80.6 Å². The number of aromatic nitrogens is 1. The third kappa shape index (κ3) is 5.70. The molecule has 0 bridgehead atoms. The number of rotatable bonds is 8. The highest BCUT2D eigenvalue weighted by molar-refractivity contribution is 8.19. The molecule has 4 aromatic heterocycles. The van der Waals surface area contributed by atoms with Gasteiger partial charge in [0.15, 0.2) is 0 Å². The summed E-state index contributed by atoms with van der Waals surface area (Å²) >= 11 is 14.4. The molecule has 10 rings (SSSR count). The zero-order valence-corrected chi connectivity index (χ0v) is 32.6. The molecule has 0 aromatic carbocycles. The molecule has 50 heavy (non-hydrogen) atoms. The molecule has 250 valence electrons. The molecule has 0 fully saturated rings. The molecular weight excluding hydrogens is 777 g/mol. The minimum atomic E-state index is -0.239. The third-order valence-electron chi connectivity index (χ3n) is 9.07. The van der Waals surface area contributed by atoms with Gasteiger partial charge in [-0.05, 0) is 55.0 Å². The zero-order valence-electron chi connectivity index (χ0n) is 26.1. The Kier molecular flexibility index (Phi) is 8.44. The zero-order chi connectivity index (χ0) is 33.3. The van der Waals surface area contributed by atoms with Crippen LogP contribution in [0.3, 0.4) is 0 Å². The minimum Gasteiger partial charge on any atom is -0.324 e. The fourth-order valence-electron chi connectivity index (χ4n) is 6.71. The molecule has 3 atom stereocenters. The molecule has 10 heterocycles. The Morgan fingerprint density at radius 2 is 1.44 bits per heavy atom. The van der Waals surface area contributed by atoms with Crippen LogP contribution in [0.5, 0.6) is 0 Å². The molecule has 3 unspecified atom stereocenters. The highest BCUT2D eigenvalue weighted by Crippen LogP contribution is 2.51. The lowest BCUT2D eigenvalue weighted by atomic mass is 10.1. The topological polar surface area (TPSA) is 83.5 Å². The fourth-order valence-corrected chi connectivity index (χ4v) is 15.9. The van der Waals surface area contributed by atoms with Crippen molar-refractivity contribution in [1.82, 2.24) is 15.6 Å². The quantitative estimate of drug-likeness (QED) is 0.184. The van der Waals surface area contributed by atoms with E-state index in [9.17, 15) is 9.59 Å². The van der Waals surface area contributed by atoms with Gasteiger partial charge in [-0.2, -0.15) is 0 Å². The van der Waals surface area contributed by atoms with Crippen LogP contribution >= 0.6 is 92.4 Å². The number of allylic oxidation sites excluding steroid dienone is 3. The van der Waals surface area contributed by atoms with Gasteiger partial charge in [-0.3, -0.25) is 14.6 Å². The van der Waals surface area contributed by atoms with Gasteiger partial charge in [-0.25, -0.2) is 4.98 Å². The van der Waals surface area contributed by atoms with Crippen molar-refractivity contribution >= 4 is 115 Å². The summed E-state index contributed by atoms with van der Waals surface area (Å²) < 4.78 is 0. The molecule has 4 aromatic rings. The molecule has 0 aliphatic carbocycles. The number of thiophene rings is 3. The Morgan fingerprint density at radius 3 is 2.22 bits per heavy atom. The molecule has 0 saturated carbocycles. The van der Waals surface area contributed by atoms with Gasteiger partial charge < -0.3 is 10.6 Å². The summed E-state index contributed by atoms with van der Waals surface area (Å²) in [5, 5.41) is 11.1. The largest absolute Gasteiger partial charge is 0.324 e. The van der Waals surface area contributed by atoms with E-state index >= 15 is 0 Å². The first kappa shape index (κ1) is 32.1. The number of amides is 2. The molecule has 14 heteroatoms. The average Bonchev–Trinajstić information content (AvgIpc) is 3.99. The number of hydrogen-bond donors (Lipinski definition) is 2. The van der Waals surface area contributed by atoms with Crippen LogP contribution < -0.4 is 10.6 Å². The van der Waals surface area contributed by atoms with Crippen molar-refractivity contribution < 1.29 is 9.59 Å². The number of thioether (sulfide) groups is 4. The van der Waals surface area contributed by atoms with E-state index in [1.807, 2.05) is 35.3 Å². The Balaban J connectivity index is 0.831. The lowest BCUT2D eigenvalue weighted by Gasteiger charge is -2.18. The van der Waals surface area contributed by atoms with Gasteiger partial charge in [0.05, 0.1) is 38.4 Å². The Morgan fingerprint density at radius 1 is 0.700 bits per heavy atom. The van der Waals surface area contributed by atoms with Crippen LogP contribution in [0.2, 0.25) is 0 Å². The molecule has 0 spiro atoms. The number of carbonyl (C=O) groups excluding carboxylic acids is 2. The molecule has 6 aliphatic heterocycles. The van der Waals surface area contributed by atoms with E-state index in [-0.39, 0.29) is 17.1 Å². The predicted octanol–water partition coefficient (Wildman–Crippen LogP) is 9.87. The van der Waals surface area contributed by atoms with E-state index in [1.54, 1.807) is 52.0 Å². The first-order chi connectivity index (χ1) is 24.6. The summed E-state index contributed by atoms with van der Waals surface area (Å²) in [5.41, 5.74) is 2.10. The lowest BCUT2D eigenvalue weighted by molar-refractivity contribution is -0.117. The van der Waals surface area contributed by atoms with Crippen LogP contribution in [0.15, 0.2) is 103 Å². The monoisotopic (exact) mass is 802 g/mol. The van der Waals surface area contributed by atoms with Crippen LogP contribution in [0.4, 0.5) is 0 Å². The normalized spacial score (nSPS) is 24.6. The molecular formula is C36H26N4O2S8. The van der Waals surface area contributed by atoms with Crippen LogP contribution in [-0.2, 0) is 9.59 Å². The van der Waals surface area contributed by atoms with E-state index in [2.05, 4.69) is 70.6 Å². The van der Waals surface area contributed by atoms with E-state index in [4.69, 9.17) is 9.98 Å². The third-order valence-corrected chi connectivity index (χ3v) is 19.4. The lowest BCUT2D eigenvalue weighted by Crippen LogP contribution is -2.27. The van der Waals surface area contributed by atoms with Gasteiger partial charge in [0.1, 0.15) is 10.1 Å². The van der Waals surface area contributed by atoms with Crippen LogP contribution in [0, 0.1) is 0 Å². The van der Waals surface area contributed by atoms with Crippen molar-refractivity contribution in [2.75, 3.05) is 12.3 Å². The maximum absolute atomic E-state index is 13.4. The maximum Gasteiger partial charge on any atom is 0.258 e. The molecule has 6 aliphatic rings. The number of thiazole rings is 1. The highest BCUT2D eigenvalue weighted by Gasteiger charge is 2.45. The second-order valence-corrected chi connectivity index (χ2v) is 21.2.